The third-order valence-electron chi connectivity index (χ3n) is 4.12. The maximum atomic E-state index is 13.4. The number of nitrogens with zero attached hydrogens (tertiary/aromatic N) is 2. The first-order valence-corrected chi connectivity index (χ1v) is 8.09. The predicted octanol–water partition coefficient (Wildman–Crippen LogP) is 2.49. The fraction of sp³-hybridized carbons (Fsp3) is 0.278. The Morgan fingerprint density at radius 2 is 2.24 bits per heavy atom. The SMILES string of the molecule is N#Cc1cccnc1NCCNC(=O)N[C@H]1CCc2ccc(F)cc21. The summed E-state index contributed by atoms with van der Waals surface area (Å²) in [6, 6.07) is 9.65. The average molecular weight is 339 g/mol. The molecule has 25 heavy (non-hydrogen) atoms. The molecule has 7 heteroatoms. The topological polar surface area (TPSA) is 89.8 Å². The Labute approximate surface area is 145 Å². The smallest absolute Gasteiger partial charge is 0.315 e. The summed E-state index contributed by atoms with van der Waals surface area (Å²) < 4.78 is 13.4. The lowest BCUT2D eigenvalue weighted by Gasteiger charge is -2.15. The standard InChI is InChI=1S/C18H18FN5O/c19-14-5-3-12-4-6-16(15(12)10-14)24-18(25)23-9-8-22-17-13(11-20)2-1-7-21-17/h1-3,5,7,10,16H,4,6,8-9H2,(H,21,22)(H2,23,24,25)/t16-/m0/s1. The van der Waals surface area contributed by atoms with Crippen molar-refractivity contribution in [3.8, 4) is 6.07 Å². The van der Waals surface area contributed by atoms with Crippen molar-refractivity contribution in [2.75, 3.05) is 18.4 Å². The highest BCUT2D eigenvalue weighted by molar-refractivity contribution is 5.74. The first kappa shape index (κ1) is 16.7. The summed E-state index contributed by atoms with van der Waals surface area (Å²) in [5, 5.41) is 17.6. The van der Waals surface area contributed by atoms with Gasteiger partial charge in [-0.05, 0) is 48.2 Å². The van der Waals surface area contributed by atoms with Crippen LogP contribution in [-0.4, -0.2) is 24.1 Å². The van der Waals surface area contributed by atoms with Gasteiger partial charge in [0.05, 0.1) is 11.6 Å². The van der Waals surface area contributed by atoms with Gasteiger partial charge < -0.3 is 16.0 Å². The zero-order valence-electron chi connectivity index (χ0n) is 13.6. The number of carbonyl (C=O) groups excluding carboxylic acids is 1. The molecule has 6 nitrogen and oxygen atoms in total. The van der Waals surface area contributed by atoms with E-state index in [0.29, 0.717) is 24.5 Å². The predicted molar refractivity (Wildman–Crippen MR) is 91.4 cm³/mol. The van der Waals surface area contributed by atoms with E-state index in [9.17, 15) is 9.18 Å². The molecule has 0 bridgehead atoms. The summed E-state index contributed by atoms with van der Waals surface area (Å²) in [6.45, 7) is 0.811. The van der Waals surface area contributed by atoms with Crippen molar-refractivity contribution in [1.82, 2.24) is 15.6 Å². The van der Waals surface area contributed by atoms with Gasteiger partial charge in [0.2, 0.25) is 0 Å². The number of urea groups is 1. The molecule has 1 atom stereocenters. The molecule has 128 valence electrons. The molecule has 0 saturated carbocycles. The third-order valence-corrected chi connectivity index (χ3v) is 4.12. The number of aromatic nitrogens is 1. The van der Waals surface area contributed by atoms with Crippen molar-refractivity contribution in [3.05, 3.63) is 59.0 Å². The molecule has 0 spiro atoms. The normalized spacial score (nSPS) is 15.1. The number of hydrogen-bond acceptors (Lipinski definition) is 4. The Hall–Kier alpha value is -3.14. The van der Waals surface area contributed by atoms with E-state index in [1.165, 1.54) is 12.1 Å². The monoisotopic (exact) mass is 339 g/mol. The van der Waals surface area contributed by atoms with Gasteiger partial charge in [-0.25, -0.2) is 14.2 Å². The molecule has 1 aliphatic rings. The largest absolute Gasteiger partial charge is 0.367 e. The summed E-state index contributed by atoms with van der Waals surface area (Å²) in [5.41, 5.74) is 2.38. The van der Waals surface area contributed by atoms with Gasteiger partial charge in [-0.2, -0.15) is 5.26 Å². The van der Waals surface area contributed by atoms with Gasteiger partial charge >= 0.3 is 6.03 Å². The third kappa shape index (κ3) is 4.04. The van der Waals surface area contributed by atoms with Crippen molar-refractivity contribution < 1.29 is 9.18 Å². The highest BCUT2D eigenvalue weighted by Gasteiger charge is 2.24. The Morgan fingerprint density at radius 3 is 3.08 bits per heavy atom. The minimum Gasteiger partial charge on any atom is -0.367 e. The zero-order valence-corrected chi connectivity index (χ0v) is 13.6. The lowest BCUT2D eigenvalue weighted by molar-refractivity contribution is 0.237. The lowest BCUT2D eigenvalue weighted by Crippen LogP contribution is -2.39. The van der Waals surface area contributed by atoms with Crippen LogP contribution in [-0.2, 0) is 6.42 Å². The maximum Gasteiger partial charge on any atom is 0.315 e. The van der Waals surface area contributed by atoms with Gasteiger partial charge in [0.25, 0.3) is 0 Å². The summed E-state index contributed by atoms with van der Waals surface area (Å²) in [7, 11) is 0. The van der Waals surface area contributed by atoms with Crippen LogP contribution in [0.4, 0.5) is 15.0 Å². The van der Waals surface area contributed by atoms with Crippen LogP contribution >= 0.6 is 0 Å². The summed E-state index contributed by atoms with van der Waals surface area (Å²) in [4.78, 5) is 16.1. The molecule has 3 N–H and O–H groups in total. The number of pyridine rings is 1. The summed E-state index contributed by atoms with van der Waals surface area (Å²) >= 11 is 0. The van der Waals surface area contributed by atoms with Gasteiger partial charge in [0, 0.05) is 19.3 Å². The minimum atomic E-state index is -0.301. The van der Waals surface area contributed by atoms with Crippen molar-refractivity contribution >= 4 is 11.8 Å². The summed E-state index contributed by atoms with van der Waals surface area (Å²) in [6.07, 6.45) is 3.20. The highest BCUT2D eigenvalue weighted by Crippen LogP contribution is 2.31. The van der Waals surface area contributed by atoms with Crippen LogP contribution in [0.3, 0.4) is 0 Å². The highest BCUT2D eigenvalue weighted by atomic mass is 19.1. The minimum absolute atomic E-state index is 0.167. The van der Waals surface area contributed by atoms with E-state index in [1.807, 2.05) is 0 Å². The Morgan fingerprint density at radius 1 is 1.36 bits per heavy atom. The molecule has 1 heterocycles. The lowest BCUT2D eigenvalue weighted by atomic mass is 10.1. The van der Waals surface area contributed by atoms with Gasteiger partial charge in [0.1, 0.15) is 17.7 Å². The summed E-state index contributed by atoms with van der Waals surface area (Å²) in [5.74, 6) is 0.202. The molecule has 0 aliphatic heterocycles. The molecule has 2 amide bonds. The van der Waals surface area contributed by atoms with Gasteiger partial charge in [0.15, 0.2) is 0 Å². The molecular weight excluding hydrogens is 321 g/mol. The van der Waals surface area contributed by atoms with Gasteiger partial charge in [-0.1, -0.05) is 6.07 Å². The van der Waals surface area contributed by atoms with Gasteiger partial charge in [-0.15, -0.1) is 0 Å². The quantitative estimate of drug-likeness (QED) is 0.730. The number of benzene rings is 1. The van der Waals surface area contributed by atoms with E-state index >= 15 is 0 Å². The van der Waals surface area contributed by atoms with E-state index < -0.39 is 0 Å². The number of hydrogen-bond donors (Lipinski definition) is 3. The van der Waals surface area contributed by atoms with Crippen LogP contribution in [0.1, 0.15) is 29.2 Å². The van der Waals surface area contributed by atoms with Crippen LogP contribution in [0.2, 0.25) is 0 Å². The van der Waals surface area contributed by atoms with E-state index in [2.05, 4.69) is 27.0 Å². The second kappa shape index (κ2) is 7.62. The molecule has 1 aromatic carbocycles. The first-order valence-electron chi connectivity index (χ1n) is 8.09. The number of rotatable bonds is 5. The molecule has 0 unspecified atom stereocenters. The van der Waals surface area contributed by atoms with Crippen LogP contribution in [0.25, 0.3) is 0 Å². The van der Waals surface area contributed by atoms with E-state index in [1.54, 1.807) is 24.4 Å². The van der Waals surface area contributed by atoms with Crippen LogP contribution < -0.4 is 16.0 Å². The Bertz CT molecular complexity index is 817. The van der Waals surface area contributed by atoms with E-state index in [0.717, 1.165) is 24.0 Å². The van der Waals surface area contributed by atoms with Crippen molar-refractivity contribution in [1.29, 1.82) is 5.26 Å². The molecule has 0 saturated heterocycles. The number of amides is 2. The number of fused-ring (bicyclic) bond motifs is 1. The Kier molecular flexibility index (Phi) is 5.09. The number of nitrogens with one attached hydrogen (secondary N) is 3. The number of halogens is 1. The average Bonchev–Trinajstić information content (AvgIpc) is 3.01. The van der Waals surface area contributed by atoms with Crippen molar-refractivity contribution in [3.63, 3.8) is 0 Å². The molecule has 0 radical (unpaired) electrons. The van der Waals surface area contributed by atoms with Crippen molar-refractivity contribution in [2.45, 2.75) is 18.9 Å². The fourth-order valence-electron chi connectivity index (χ4n) is 2.93. The second-order valence-corrected chi connectivity index (χ2v) is 5.77. The number of aryl methyl sites for hydroxylation is 1. The molecular formula is C18H18FN5O. The number of carbonyl (C=O) groups is 1. The molecule has 2 aromatic rings. The van der Waals surface area contributed by atoms with Crippen LogP contribution in [0.15, 0.2) is 36.5 Å². The molecule has 1 aromatic heterocycles. The van der Waals surface area contributed by atoms with Crippen LogP contribution in [0.5, 0.6) is 0 Å². The maximum absolute atomic E-state index is 13.4. The molecule has 3 rings (SSSR count). The first-order chi connectivity index (χ1) is 12.2. The van der Waals surface area contributed by atoms with E-state index in [-0.39, 0.29) is 17.9 Å². The number of nitriles is 1. The van der Waals surface area contributed by atoms with Crippen LogP contribution in [0, 0.1) is 17.1 Å². The van der Waals surface area contributed by atoms with E-state index in [4.69, 9.17) is 5.26 Å². The van der Waals surface area contributed by atoms with Crippen molar-refractivity contribution in [2.24, 2.45) is 0 Å². The molecule has 1 aliphatic carbocycles. The molecule has 0 fully saturated rings. The van der Waals surface area contributed by atoms with Gasteiger partial charge in [-0.3, -0.25) is 0 Å². The fourth-order valence-corrected chi connectivity index (χ4v) is 2.93. The number of anilines is 1. The zero-order chi connectivity index (χ0) is 17.6. The second-order valence-electron chi connectivity index (χ2n) is 5.77. The Balaban J connectivity index is 1.45.